The second kappa shape index (κ2) is 5.92. The first kappa shape index (κ1) is 16.2. The molecule has 26 heavy (non-hydrogen) atoms. The molecule has 2 heterocycles. The average Bonchev–Trinajstić information content (AvgIpc) is 2.99. The summed E-state index contributed by atoms with van der Waals surface area (Å²) in [4.78, 5) is 12.8. The molecule has 2 aromatic carbocycles. The molecular formula is C18H15N5O2S. The van der Waals surface area contributed by atoms with Crippen LogP contribution in [0.2, 0.25) is 0 Å². The molecule has 0 aliphatic rings. The van der Waals surface area contributed by atoms with Gasteiger partial charge in [-0.05, 0) is 24.3 Å². The van der Waals surface area contributed by atoms with Gasteiger partial charge in [0.15, 0.2) is 5.82 Å². The standard InChI is InChI=1S/C18H15N5O2S/c1-23-14-10-6-5-9-13(14)21-17(23)16-15(11-20-18(19)22-16)26(24,25)12-7-3-2-4-8-12/h2-11H,1H3,(H2,19,20,22). The molecule has 0 saturated carbocycles. The van der Waals surface area contributed by atoms with E-state index in [0.717, 1.165) is 11.0 Å². The fourth-order valence-electron chi connectivity index (χ4n) is 2.83. The third kappa shape index (κ3) is 2.51. The Morgan fingerprint density at radius 3 is 2.38 bits per heavy atom. The van der Waals surface area contributed by atoms with Gasteiger partial charge < -0.3 is 10.3 Å². The van der Waals surface area contributed by atoms with Crippen LogP contribution in [-0.4, -0.2) is 27.9 Å². The number of rotatable bonds is 3. The summed E-state index contributed by atoms with van der Waals surface area (Å²) in [5.74, 6) is 0.397. The number of hydrogen-bond donors (Lipinski definition) is 1. The number of anilines is 1. The highest BCUT2D eigenvalue weighted by Gasteiger charge is 2.26. The number of hydrogen-bond acceptors (Lipinski definition) is 6. The highest BCUT2D eigenvalue weighted by Crippen LogP contribution is 2.31. The smallest absolute Gasteiger partial charge is 0.220 e. The molecule has 0 fully saturated rings. The summed E-state index contributed by atoms with van der Waals surface area (Å²) < 4.78 is 28.0. The first-order valence-electron chi connectivity index (χ1n) is 7.83. The van der Waals surface area contributed by atoms with E-state index in [1.54, 1.807) is 22.8 Å². The van der Waals surface area contributed by atoms with E-state index < -0.39 is 9.84 Å². The van der Waals surface area contributed by atoms with E-state index in [1.807, 2.05) is 31.3 Å². The summed E-state index contributed by atoms with van der Waals surface area (Å²) in [6.07, 6.45) is 1.24. The lowest BCUT2D eigenvalue weighted by atomic mass is 10.3. The van der Waals surface area contributed by atoms with Gasteiger partial charge >= 0.3 is 0 Å². The summed E-state index contributed by atoms with van der Waals surface area (Å²) in [6, 6.07) is 15.7. The normalized spacial score (nSPS) is 11.7. The Labute approximate surface area is 150 Å². The van der Waals surface area contributed by atoms with Crippen molar-refractivity contribution in [3.05, 3.63) is 60.8 Å². The highest BCUT2D eigenvalue weighted by atomic mass is 32.2. The predicted molar refractivity (Wildman–Crippen MR) is 98.0 cm³/mol. The van der Waals surface area contributed by atoms with Gasteiger partial charge in [-0.2, -0.15) is 0 Å². The Balaban J connectivity index is 2.01. The van der Waals surface area contributed by atoms with Crippen LogP contribution in [0.25, 0.3) is 22.6 Å². The van der Waals surface area contributed by atoms with E-state index in [9.17, 15) is 8.42 Å². The van der Waals surface area contributed by atoms with Gasteiger partial charge in [-0.15, -0.1) is 0 Å². The van der Waals surface area contributed by atoms with E-state index in [1.165, 1.54) is 18.3 Å². The van der Waals surface area contributed by atoms with Crippen molar-refractivity contribution in [1.82, 2.24) is 19.5 Å². The molecule has 4 aromatic rings. The predicted octanol–water partition coefficient (Wildman–Crippen LogP) is 2.45. The van der Waals surface area contributed by atoms with Crippen LogP contribution in [0, 0.1) is 0 Å². The van der Waals surface area contributed by atoms with Crippen molar-refractivity contribution in [3.63, 3.8) is 0 Å². The quantitative estimate of drug-likeness (QED) is 0.598. The SMILES string of the molecule is Cn1c(-c2nc(N)ncc2S(=O)(=O)c2ccccc2)nc2ccccc21. The summed E-state index contributed by atoms with van der Waals surface area (Å²) in [7, 11) is -2.02. The lowest BCUT2D eigenvalue weighted by Crippen LogP contribution is -2.10. The van der Waals surface area contributed by atoms with Crippen LogP contribution in [0.5, 0.6) is 0 Å². The van der Waals surface area contributed by atoms with Gasteiger partial charge in [-0.1, -0.05) is 30.3 Å². The Morgan fingerprint density at radius 1 is 0.962 bits per heavy atom. The second-order valence-corrected chi connectivity index (χ2v) is 7.66. The van der Waals surface area contributed by atoms with Crippen molar-refractivity contribution in [2.45, 2.75) is 9.79 Å². The molecule has 130 valence electrons. The highest BCUT2D eigenvalue weighted by molar-refractivity contribution is 7.91. The number of imidazole rings is 1. The van der Waals surface area contributed by atoms with Crippen molar-refractivity contribution in [3.8, 4) is 11.5 Å². The molecule has 0 radical (unpaired) electrons. The van der Waals surface area contributed by atoms with Crippen LogP contribution in [-0.2, 0) is 16.9 Å². The third-order valence-electron chi connectivity index (χ3n) is 4.12. The third-order valence-corrected chi connectivity index (χ3v) is 5.89. The Hall–Kier alpha value is -3.26. The molecule has 0 spiro atoms. The van der Waals surface area contributed by atoms with Crippen molar-refractivity contribution < 1.29 is 8.42 Å². The summed E-state index contributed by atoms with van der Waals surface area (Å²) in [5, 5.41) is 0. The number of benzene rings is 2. The molecule has 7 nitrogen and oxygen atoms in total. The van der Waals surface area contributed by atoms with Gasteiger partial charge in [0, 0.05) is 7.05 Å². The fourth-order valence-corrected chi connectivity index (χ4v) is 4.18. The van der Waals surface area contributed by atoms with Gasteiger partial charge in [-0.25, -0.2) is 23.4 Å². The molecule has 0 atom stereocenters. The minimum absolute atomic E-state index is 0.0148. The number of para-hydroxylation sites is 2. The van der Waals surface area contributed by atoms with Crippen molar-refractivity contribution in [2.24, 2.45) is 7.05 Å². The van der Waals surface area contributed by atoms with Gasteiger partial charge in [0.05, 0.1) is 22.1 Å². The van der Waals surface area contributed by atoms with E-state index in [4.69, 9.17) is 5.73 Å². The Morgan fingerprint density at radius 2 is 1.65 bits per heavy atom. The van der Waals surface area contributed by atoms with Crippen LogP contribution in [0.15, 0.2) is 70.6 Å². The van der Waals surface area contributed by atoms with Crippen LogP contribution >= 0.6 is 0 Å². The minimum atomic E-state index is -3.82. The largest absolute Gasteiger partial charge is 0.368 e. The lowest BCUT2D eigenvalue weighted by molar-refractivity contribution is 0.595. The van der Waals surface area contributed by atoms with Gasteiger partial charge in [0.1, 0.15) is 10.6 Å². The van der Waals surface area contributed by atoms with Gasteiger partial charge in [0.2, 0.25) is 15.8 Å². The summed E-state index contributed by atoms with van der Waals surface area (Å²) >= 11 is 0. The molecule has 0 aliphatic heterocycles. The van der Waals surface area contributed by atoms with Gasteiger partial charge in [0.25, 0.3) is 0 Å². The fraction of sp³-hybridized carbons (Fsp3) is 0.0556. The first-order chi connectivity index (χ1) is 12.5. The van der Waals surface area contributed by atoms with Crippen molar-refractivity contribution >= 4 is 26.8 Å². The maximum absolute atomic E-state index is 13.1. The zero-order chi connectivity index (χ0) is 18.3. The van der Waals surface area contributed by atoms with Crippen molar-refractivity contribution in [1.29, 1.82) is 0 Å². The summed E-state index contributed by atoms with van der Waals surface area (Å²) in [6.45, 7) is 0. The molecule has 2 aromatic heterocycles. The number of nitrogen functional groups attached to an aromatic ring is 1. The number of aromatic nitrogens is 4. The molecule has 4 rings (SSSR count). The van der Waals surface area contributed by atoms with Crippen molar-refractivity contribution in [2.75, 3.05) is 5.73 Å². The maximum atomic E-state index is 13.1. The number of fused-ring (bicyclic) bond motifs is 1. The number of sulfone groups is 1. The molecular weight excluding hydrogens is 350 g/mol. The van der Waals surface area contributed by atoms with E-state index in [0.29, 0.717) is 5.82 Å². The lowest BCUT2D eigenvalue weighted by Gasteiger charge is -2.10. The Bertz CT molecular complexity index is 1220. The molecule has 2 N–H and O–H groups in total. The van der Waals surface area contributed by atoms with Crippen LogP contribution in [0.1, 0.15) is 0 Å². The maximum Gasteiger partial charge on any atom is 0.220 e. The van der Waals surface area contributed by atoms with Crippen LogP contribution < -0.4 is 5.73 Å². The molecule has 0 unspecified atom stereocenters. The molecule has 0 saturated heterocycles. The zero-order valence-corrected chi connectivity index (χ0v) is 14.7. The molecule has 0 amide bonds. The first-order valence-corrected chi connectivity index (χ1v) is 9.31. The van der Waals surface area contributed by atoms with Crippen LogP contribution in [0.3, 0.4) is 0 Å². The molecule has 0 aliphatic carbocycles. The molecule has 0 bridgehead atoms. The summed E-state index contributed by atoms with van der Waals surface area (Å²) in [5.41, 5.74) is 7.52. The number of nitrogens with two attached hydrogens (primary N) is 1. The number of aryl methyl sites for hydroxylation is 1. The van der Waals surface area contributed by atoms with E-state index in [-0.39, 0.29) is 21.4 Å². The van der Waals surface area contributed by atoms with Gasteiger partial charge in [-0.3, -0.25) is 0 Å². The van der Waals surface area contributed by atoms with E-state index in [2.05, 4.69) is 15.0 Å². The number of nitrogens with zero attached hydrogens (tertiary/aromatic N) is 4. The van der Waals surface area contributed by atoms with Crippen LogP contribution in [0.4, 0.5) is 5.95 Å². The molecule has 8 heteroatoms. The van der Waals surface area contributed by atoms with E-state index >= 15 is 0 Å². The monoisotopic (exact) mass is 365 g/mol. The topological polar surface area (TPSA) is 104 Å². The minimum Gasteiger partial charge on any atom is -0.368 e. The second-order valence-electron chi connectivity index (χ2n) is 5.74. The average molecular weight is 365 g/mol. The Kier molecular flexibility index (Phi) is 3.69. The zero-order valence-electron chi connectivity index (χ0n) is 13.9.